The topological polar surface area (TPSA) is 83.5 Å². The fourth-order valence-electron chi connectivity index (χ4n) is 2.48. The molecule has 0 bridgehead atoms. The maximum Gasteiger partial charge on any atom is 0.305 e. The highest BCUT2D eigenvalue weighted by Gasteiger charge is 1.97. The average Bonchev–Trinajstić information content (AvgIpc) is 2.68. The van der Waals surface area contributed by atoms with Crippen LogP contribution in [0.5, 0.6) is 0 Å². The van der Waals surface area contributed by atoms with E-state index in [1.807, 2.05) is 0 Å². The minimum Gasteiger partial charge on any atom is -0.481 e. The second-order valence-electron chi connectivity index (χ2n) is 6.68. The number of hydrogen-bond donors (Lipinski definition) is 1. The predicted octanol–water partition coefficient (Wildman–Crippen LogP) is 3.68. The van der Waals surface area contributed by atoms with Crippen molar-refractivity contribution in [2.24, 2.45) is 0 Å². The van der Waals surface area contributed by atoms with Gasteiger partial charge < -0.3 is 28.8 Å². The Labute approximate surface area is 171 Å². The van der Waals surface area contributed by atoms with Gasteiger partial charge in [0.2, 0.25) is 0 Å². The lowest BCUT2D eigenvalue weighted by Gasteiger charge is -2.08. The molecular weight excluding hydrogens is 364 g/mol. The normalized spacial score (nSPS) is 11.2. The molecular formula is C21H42O7. The molecule has 0 aromatic heterocycles. The highest BCUT2D eigenvalue weighted by molar-refractivity contribution is 5.66. The highest BCUT2D eigenvalue weighted by atomic mass is 16.6. The van der Waals surface area contributed by atoms with Gasteiger partial charge in [0.25, 0.3) is 0 Å². The van der Waals surface area contributed by atoms with Gasteiger partial charge in [-0.3, -0.25) is 4.79 Å². The number of unbranched alkanes of at least 4 members (excludes halogenated alkanes) is 7. The Morgan fingerprint density at radius 2 is 0.893 bits per heavy atom. The number of hydrogen-bond acceptors (Lipinski definition) is 6. The number of aliphatic carboxylic acids is 1. The molecule has 0 aliphatic carbocycles. The standard InChI is InChI=1S/C21H42O7/c1-2-3-4-5-6-7-8-9-11-24-13-15-26-17-19-28-20-18-27-16-14-25-12-10-21(22)23/h2-20H2,1H3,(H,22,23). The van der Waals surface area contributed by atoms with E-state index in [2.05, 4.69) is 6.92 Å². The Balaban J connectivity index is 2.99. The molecule has 0 spiro atoms. The van der Waals surface area contributed by atoms with Gasteiger partial charge in [-0.1, -0.05) is 51.9 Å². The summed E-state index contributed by atoms with van der Waals surface area (Å²) in [6.07, 6.45) is 10.5. The number of carbonyl (C=O) groups is 1. The quantitative estimate of drug-likeness (QED) is 0.245. The molecule has 168 valence electrons. The van der Waals surface area contributed by atoms with E-state index in [1.165, 1.54) is 44.9 Å². The van der Waals surface area contributed by atoms with Crippen molar-refractivity contribution in [3.8, 4) is 0 Å². The smallest absolute Gasteiger partial charge is 0.305 e. The van der Waals surface area contributed by atoms with Crippen LogP contribution in [0, 0.1) is 0 Å². The SMILES string of the molecule is CCCCCCCCCCOCCOCCOCCOCCOCCC(=O)O. The van der Waals surface area contributed by atoms with Crippen LogP contribution < -0.4 is 0 Å². The lowest BCUT2D eigenvalue weighted by atomic mass is 10.1. The van der Waals surface area contributed by atoms with Gasteiger partial charge >= 0.3 is 5.97 Å². The van der Waals surface area contributed by atoms with Crippen LogP contribution in [0.25, 0.3) is 0 Å². The summed E-state index contributed by atoms with van der Waals surface area (Å²) in [5.41, 5.74) is 0. The molecule has 28 heavy (non-hydrogen) atoms. The van der Waals surface area contributed by atoms with Gasteiger partial charge in [-0.05, 0) is 6.42 Å². The largest absolute Gasteiger partial charge is 0.481 e. The van der Waals surface area contributed by atoms with Gasteiger partial charge in [0.1, 0.15) is 0 Å². The first-order valence-corrected chi connectivity index (χ1v) is 10.9. The Morgan fingerprint density at radius 3 is 1.32 bits per heavy atom. The molecule has 0 aromatic carbocycles. The maximum absolute atomic E-state index is 10.3. The van der Waals surface area contributed by atoms with E-state index < -0.39 is 5.97 Å². The molecule has 0 amide bonds. The first-order chi connectivity index (χ1) is 13.8. The van der Waals surface area contributed by atoms with E-state index in [9.17, 15) is 4.79 Å². The summed E-state index contributed by atoms with van der Waals surface area (Å²) in [6, 6.07) is 0. The summed E-state index contributed by atoms with van der Waals surface area (Å²) in [5, 5.41) is 8.44. The van der Waals surface area contributed by atoms with Crippen molar-refractivity contribution in [3.63, 3.8) is 0 Å². The molecule has 0 rings (SSSR count). The van der Waals surface area contributed by atoms with Crippen LogP contribution in [0.2, 0.25) is 0 Å². The van der Waals surface area contributed by atoms with Crippen molar-refractivity contribution in [1.82, 2.24) is 0 Å². The van der Waals surface area contributed by atoms with E-state index >= 15 is 0 Å². The van der Waals surface area contributed by atoms with Crippen LogP contribution in [-0.4, -0.2) is 77.1 Å². The van der Waals surface area contributed by atoms with E-state index in [-0.39, 0.29) is 13.0 Å². The number of rotatable bonds is 24. The zero-order chi connectivity index (χ0) is 20.5. The zero-order valence-electron chi connectivity index (χ0n) is 17.8. The van der Waals surface area contributed by atoms with Crippen molar-refractivity contribution >= 4 is 5.97 Å². The van der Waals surface area contributed by atoms with Crippen LogP contribution >= 0.6 is 0 Å². The first kappa shape index (κ1) is 27.3. The summed E-state index contributed by atoms with van der Waals surface area (Å²) < 4.78 is 26.8. The Hall–Kier alpha value is -0.730. The third-order valence-electron chi connectivity index (χ3n) is 4.09. The van der Waals surface area contributed by atoms with Crippen molar-refractivity contribution in [2.45, 2.75) is 64.7 Å². The predicted molar refractivity (Wildman–Crippen MR) is 109 cm³/mol. The van der Waals surface area contributed by atoms with Crippen LogP contribution in [0.15, 0.2) is 0 Å². The van der Waals surface area contributed by atoms with Gasteiger partial charge in [-0.15, -0.1) is 0 Å². The minimum atomic E-state index is -0.855. The molecule has 0 unspecified atom stereocenters. The second-order valence-corrected chi connectivity index (χ2v) is 6.68. The Morgan fingerprint density at radius 1 is 0.536 bits per heavy atom. The summed E-state index contributed by atoms with van der Waals surface area (Å²) in [6.45, 7) is 7.46. The summed E-state index contributed by atoms with van der Waals surface area (Å²) in [5.74, 6) is -0.855. The summed E-state index contributed by atoms with van der Waals surface area (Å²) >= 11 is 0. The summed E-state index contributed by atoms with van der Waals surface area (Å²) in [4.78, 5) is 10.3. The molecule has 0 fully saturated rings. The van der Waals surface area contributed by atoms with Gasteiger partial charge in [-0.2, -0.15) is 0 Å². The fourth-order valence-corrected chi connectivity index (χ4v) is 2.48. The third-order valence-corrected chi connectivity index (χ3v) is 4.09. The minimum absolute atomic E-state index is 0.0212. The highest BCUT2D eigenvalue weighted by Crippen LogP contribution is 2.08. The monoisotopic (exact) mass is 406 g/mol. The summed E-state index contributed by atoms with van der Waals surface area (Å²) in [7, 11) is 0. The molecule has 7 heteroatoms. The molecule has 0 saturated heterocycles. The number of carboxylic acid groups (broad SMARTS) is 1. The lowest BCUT2D eigenvalue weighted by molar-refractivity contribution is -0.138. The number of ether oxygens (including phenoxy) is 5. The average molecular weight is 407 g/mol. The van der Waals surface area contributed by atoms with E-state index in [4.69, 9.17) is 28.8 Å². The molecule has 0 heterocycles. The molecule has 0 saturated carbocycles. The van der Waals surface area contributed by atoms with Crippen molar-refractivity contribution in [2.75, 3.05) is 66.1 Å². The molecule has 0 aliphatic rings. The molecule has 1 N–H and O–H groups in total. The van der Waals surface area contributed by atoms with Gasteiger partial charge in [0.05, 0.1) is 65.9 Å². The van der Waals surface area contributed by atoms with Gasteiger partial charge in [-0.25, -0.2) is 0 Å². The van der Waals surface area contributed by atoms with Crippen molar-refractivity contribution in [3.05, 3.63) is 0 Å². The van der Waals surface area contributed by atoms with Gasteiger partial charge in [0, 0.05) is 6.61 Å². The van der Waals surface area contributed by atoms with E-state index in [0.717, 1.165) is 13.0 Å². The molecule has 0 aromatic rings. The third kappa shape index (κ3) is 25.3. The number of carboxylic acids is 1. The Kier molecular flexibility index (Phi) is 23.7. The molecule has 0 radical (unpaired) electrons. The van der Waals surface area contributed by atoms with E-state index in [1.54, 1.807) is 0 Å². The van der Waals surface area contributed by atoms with Crippen molar-refractivity contribution in [1.29, 1.82) is 0 Å². The van der Waals surface area contributed by atoms with Crippen molar-refractivity contribution < 1.29 is 33.6 Å². The van der Waals surface area contributed by atoms with E-state index in [0.29, 0.717) is 52.9 Å². The van der Waals surface area contributed by atoms with Crippen LogP contribution in [-0.2, 0) is 28.5 Å². The molecule has 0 aliphatic heterocycles. The molecule has 7 nitrogen and oxygen atoms in total. The van der Waals surface area contributed by atoms with Crippen LogP contribution in [0.1, 0.15) is 64.7 Å². The Bertz CT molecular complexity index is 313. The zero-order valence-corrected chi connectivity index (χ0v) is 17.8. The van der Waals surface area contributed by atoms with Crippen LogP contribution in [0.4, 0.5) is 0 Å². The maximum atomic E-state index is 10.3. The second kappa shape index (κ2) is 24.3. The molecule has 0 atom stereocenters. The van der Waals surface area contributed by atoms with Gasteiger partial charge in [0.15, 0.2) is 0 Å². The fraction of sp³-hybridized carbons (Fsp3) is 0.952. The lowest BCUT2D eigenvalue weighted by Crippen LogP contribution is -2.13. The van der Waals surface area contributed by atoms with Crippen LogP contribution in [0.3, 0.4) is 0 Å². The first-order valence-electron chi connectivity index (χ1n) is 10.9.